The Kier molecular flexibility index (Phi) is 8.44. The van der Waals surface area contributed by atoms with Crippen LogP contribution in [0.15, 0.2) is 19.1 Å². The molecule has 0 radical (unpaired) electrons. The van der Waals surface area contributed by atoms with Crippen LogP contribution < -0.4 is 22.6 Å². The average molecular weight is 848 g/mol. The fourth-order valence-electron chi connectivity index (χ4n) is 5.50. The van der Waals surface area contributed by atoms with Crippen LogP contribution in [0.4, 0.5) is 11.9 Å². The Bertz CT molecular complexity index is 2010. The fraction of sp³-hybridized carbons (Fsp3) is 0.500. The molecule has 10 N–H and O–H groups in total. The van der Waals surface area contributed by atoms with Crippen LogP contribution in [0.3, 0.4) is 0 Å². The Balaban J connectivity index is 1.20. The molecule has 0 aromatic carbocycles. The number of nitrogens with two attached hydrogens (primary N) is 2. The number of rotatable bonds is 2. The number of halogens is 2. The second-order valence-corrected chi connectivity index (χ2v) is 14.8. The first kappa shape index (κ1) is 33.8. The number of phosphoric acid groups is 2. The Hall–Kier alpha value is -2.68. The number of aliphatic hydroxyl groups excluding tert-OH is 2. The quantitative estimate of drug-likeness (QED) is 0.0838. The van der Waals surface area contributed by atoms with E-state index in [1.165, 1.54) is 0 Å². The third kappa shape index (κ3) is 5.83. The van der Waals surface area contributed by atoms with Crippen molar-refractivity contribution < 1.29 is 56.7 Å². The molecule has 3 aliphatic rings. The summed E-state index contributed by atoms with van der Waals surface area (Å²) in [5.41, 5.74) is 9.17. The lowest BCUT2D eigenvalue weighted by molar-refractivity contribution is -0.0669. The van der Waals surface area contributed by atoms with Crippen molar-refractivity contribution in [1.82, 2.24) is 39.0 Å². The van der Waals surface area contributed by atoms with Gasteiger partial charge in [-0.25, -0.2) is 19.1 Å². The predicted molar refractivity (Wildman–Crippen MR) is 162 cm³/mol. The number of imidazole rings is 2. The second kappa shape index (κ2) is 12.0. The van der Waals surface area contributed by atoms with Gasteiger partial charge in [0.25, 0.3) is 11.1 Å². The third-order valence-electron chi connectivity index (χ3n) is 7.49. The number of phosphoric ester groups is 2. The molecule has 3 saturated heterocycles. The lowest BCUT2D eigenvalue weighted by Crippen LogP contribution is -2.39. The lowest BCUT2D eigenvalue weighted by atomic mass is 10.1. The topological polar surface area (TPSA) is 350 Å². The van der Waals surface area contributed by atoms with E-state index in [0.717, 1.165) is 9.13 Å². The molecule has 0 spiro atoms. The summed E-state index contributed by atoms with van der Waals surface area (Å²) in [6.07, 6.45) is -13.4. The molecule has 28 heteroatoms. The maximum absolute atomic E-state index is 13.2. The van der Waals surface area contributed by atoms with Crippen molar-refractivity contribution in [2.45, 2.75) is 49.1 Å². The van der Waals surface area contributed by atoms with E-state index in [1.54, 1.807) is 0 Å². The van der Waals surface area contributed by atoms with Gasteiger partial charge in [0, 0.05) is 0 Å². The summed E-state index contributed by atoms with van der Waals surface area (Å²) in [6, 6.07) is 0. The van der Waals surface area contributed by atoms with Crippen molar-refractivity contribution in [3.8, 4) is 0 Å². The van der Waals surface area contributed by atoms with Crippen molar-refractivity contribution in [3.63, 3.8) is 0 Å². The molecule has 4 aromatic rings. The number of hydrogen-bond donors (Lipinski definition) is 8. The molecule has 10 atom stereocenters. The van der Waals surface area contributed by atoms with E-state index in [0.29, 0.717) is 0 Å². The van der Waals surface area contributed by atoms with E-state index >= 15 is 0 Å². The molecule has 0 amide bonds. The van der Waals surface area contributed by atoms with E-state index < -0.39 is 89.1 Å². The van der Waals surface area contributed by atoms with Gasteiger partial charge in [-0.05, 0) is 31.9 Å². The smallest absolute Gasteiger partial charge is 0.386 e. The van der Waals surface area contributed by atoms with E-state index in [9.17, 15) is 38.7 Å². The average Bonchev–Trinajstić information content (AvgIpc) is 3.67. The standard InChI is InChI=1S/C20H22Br2N10O14P2/c21-17-25-5-11(27-19(23)29-13(5)35)31(17)15-7(33)9-3(43-15)1-41-47(37,38)46-10-4(2-42-48(39,40)45-9)44-16(8(10)34)32-12-6(26-18(32)22)14(36)30-20(24)28-12/h3-4,7-10,15-16,33-34H,1-2H2,(H,37,38)(H,39,40)(H3,23,27,29,35)(H3,24,28,30,36)/t3-,4-,7?,8?,9?,10?,15-,16-/m1/s1. The Morgan fingerprint density at radius 3 is 1.48 bits per heavy atom. The molecule has 24 nitrogen and oxygen atoms in total. The molecule has 4 aromatic heterocycles. The highest BCUT2D eigenvalue weighted by Gasteiger charge is 2.54. The molecule has 48 heavy (non-hydrogen) atoms. The fourth-order valence-corrected chi connectivity index (χ4v) is 8.52. The largest absolute Gasteiger partial charge is 0.472 e. The van der Waals surface area contributed by atoms with Crippen LogP contribution in [0.5, 0.6) is 0 Å². The number of aliphatic hydroxyl groups is 2. The van der Waals surface area contributed by atoms with Gasteiger partial charge in [-0.1, -0.05) is 0 Å². The third-order valence-corrected chi connectivity index (χ3v) is 10.6. The number of nitrogen functional groups attached to an aromatic ring is 2. The predicted octanol–water partition coefficient (Wildman–Crippen LogP) is -1.52. The van der Waals surface area contributed by atoms with Crippen LogP contribution in [0.25, 0.3) is 22.3 Å². The molecular weight excluding hydrogens is 826 g/mol. The van der Waals surface area contributed by atoms with Crippen LogP contribution in [-0.2, 0) is 36.7 Å². The minimum Gasteiger partial charge on any atom is -0.386 e. The van der Waals surface area contributed by atoms with Gasteiger partial charge in [-0.2, -0.15) is 9.97 Å². The Morgan fingerprint density at radius 2 is 1.10 bits per heavy atom. The molecule has 7 heterocycles. The first-order valence-corrected chi connectivity index (χ1v) is 18.0. The number of aromatic nitrogens is 8. The zero-order chi connectivity index (χ0) is 34.4. The molecule has 0 bridgehead atoms. The highest BCUT2D eigenvalue weighted by Crippen LogP contribution is 2.54. The number of fused-ring (bicyclic) bond motifs is 4. The van der Waals surface area contributed by atoms with E-state index in [1.807, 2.05) is 0 Å². The SMILES string of the molecule is Nc1nc2c(nc(Br)n2[C@@H]2O[C@@H]3COP(=O)(O)OC4C(O)[C@H](n5c(Br)nc6c(=O)[nH]c(N)nc65)O[C@@H]4COP(=O)(O)OC3C2O)c(=O)[nH]1. The van der Waals surface area contributed by atoms with Gasteiger partial charge in [0.1, 0.15) is 36.6 Å². The summed E-state index contributed by atoms with van der Waals surface area (Å²) in [7, 11) is -10.3. The van der Waals surface area contributed by atoms with Crippen LogP contribution >= 0.6 is 47.5 Å². The molecule has 0 aliphatic carbocycles. The number of nitrogens with one attached hydrogen (secondary N) is 2. The summed E-state index contributed by atoms with van der Waals surface area (Å²) in [5, 5.41) is 22.5. The molecule has 6 unspecified atom stereocenters. The molecule has 0 saturated carbocycles. The van der Waals surface area contributed by atoms with Gasteiger partial charge in [-0.15, -0.1) is 0 Å². The summed E-state index contributed by atoms with van der Waals surface area (Å²) < 4.78 is 60.9. The van der Waals surface area contributed by atoms with E-state index in [4.69, 9.17) is 39.0 Å². The van der Waals surface area contributed by atoms with Gasteiger partial charge in [0.15, 0.2) is 44.3 Å². The monoisotopic (exact) mass is 846 g/mol. The van der Waals surface area contributed by atoms with Gasteiger partial charge in [-0.3, -0.25) is 46.8 Å². The highest BCUT2D eigenvalue weighted by molar-refractivity contribution is 9.10. The minimum absolute atomic E-state index is 0.0729. The first-order chi connectivity index (χ1) is 22.5. The molecule has 3 fully saturated rings. The van der Waals surface area contributed by atoms with Gasteiger partial charge >= 0.3 is 15.6 Å². The summed E-state index contributed by atoms with van der Waals surface area (Å²) in [4.78, 5) is 66.7. The van der Waals surface area contributed by atoms with Crippen molar-refractivity contribution in [2.24, 2.45) is 0 Å². The van der Waals surface area contributed by atoms with Crippen molar-refractivity contribution in [3.05, 3.63) is 30.2 Å². The van der Waals surface area contributed by atoms with Crippen LogP contribution in [0.2, 0.25) is 0 Å². The minimum atomic E-state index is -5.14. The van der Waals surface area contributed by atoms with Crippen molar-refractivity contribution in [1.29, 1.82) is 0 Å². The Morgan fingerprint density at radius 1 is 0.729 bits per heavy atom. The van der Waals surface area contributed by atoms with Gasteiger partial charge < -0.3 is 40.9 Å². The number of aromatic amines is 2. The molecule has 260 valence electrons. The van der Waals surface area contributed by atoms with Crippen LogP contribution in [0, 0.1) is 0 Å². The maximum Gasteiger partial charge on any atom is 0.472 e. The van der Waals surface area contributed by atoms with E-state index in [2.05, 4.69) is 61.8 Å². The number of nitrogens with zero attached hydrogens (tertiary/aromatic N) is 6. The van der Waals surface area contributed by atoms with Crippen LogP contribution in [-0.4, -0.2) is 109 Å². The van der Waals surface area contributed by atoms with E-state index in [-0.39, 0.29) is 43.7 Å². The zero-order valence-electron chi connectivity index (χ0n) is 23.4. The van der Waals surface area contributed by atoms with Crippen molar-refractivity contribution in [2.75, 3.05) is 24.7 Å². The van der Waals surface area contributed by atoms with Crippen molar-refractivity contribution >= 4 is 81.7 Å². The second-order valence-electron chi connectivity index (χ2n) is 10.5. The maximum atomic E-state index is 13.2. The number of hydrogen-bond acceptors (Lipinski definition) is 18. The van der Waals surface area contributed by atoms with Gasteiger partial charge in [0.2, 0.25) is 11.9 Å². The number of ether oxygens (including phenoxy) is 2. The first-order valence-electron chi connectivity index (χ1n) is 13.4. The molecule has 7 rings (SSSR count). The highest BCUT2D eigenvalue weighted by atomic mass is 79.9. The summed E-state index contributed by atoms with van der Waals surface area (Å²) in [5.74, 6) is -0.600. The summed E-state index contributed by atoms with van der Waals surface area (Å²) >= 11 is 6.29. The molecular formula is C20H22Br2N10O14P2. The zero-order valence-corrected chi connectivity index (χ0v) is 28.4. The Labute approximate surface area is 280 Å². The molecule has 3 aliphatic heterocycles. The number of anilines is 2. The lowest BCUT2D eigenvalue weighted by Gasteiger charge is -2.27. The summed E-state index contributed by atoms with van der Waals surface area (Å²) in [6.45, 7) is -1.79. The van der Waals surface area contributed by atoms with Crippen LogP contribution in [0.1, 0.15) is 12.5 Å². The normalized spacial score (nSPS) is 36.1. The van der Waals surface area contributed by atoms with Gasteiger partial charge in [0.05, 0.1) is 13.2 Å². The number of H-pyrrole nitrogens is 2.